The zero-order valence-corrected chi connectivity index (χ0v) is 2.99. The Balaban J connectivity index is 2.63. The molecule has 0 saturated carbocycles. The second-order valence-electron chi connectivity index (χ2n) is 0.789. The first-order valence-electron chi connectivity index (χ1n) is 2.77. The molecular formula is C3H9B. The molecule has 0 spiro atoms. The fraction of sp³-hybridized carbons (Fsp3) is 1.00. The standard InChI is InChI=1S/C3H9B/c1-2-3-4/h2-4H2,1H3/i4D2. The van der Waals surface area contributed by atoms with Gasteiger partial charge in [0.05, 0.1) is 0 Å². The predicted octanol–water partition coefficient (Wildman–Crippen LogP) is 0.448. The molecule has 0 aromatic rings. The van der Waals surface area contributed by atoms with Crippen LogP contribution in [0.3, 0.4) is 0 Å². The normalized spacial score (nSPS) is 13.2. The van der Waals surface area contributed by atoms with E-state index in [-0.39, 0.29) is 0 Å². The Hall–Kier alpha value is 0.0649. The maximum absolute atomic E-state index is 6.64. The van der Waals surface area contributed by atoms with E-state index in [1.54, 1.807) is 0 Å². The van der Waals surface area contributed by atoms with Gasteiger partial charge in [-0.3, -0.25) is 0 Å². The van der Waals surface area contributed by atoms with E-state index in [1.165, 1.54) is 0 Å². The van der Waals surface area contributed by atoms with Gasteiger partial charge in [0.1, 0.15) is 7.77 Å². The van der Waals surface area contributed by atoms with Crippen LogP contribution in [0, 0.1) is 0 Å². The molecule has 0 fully saturated rings. The van der Waals surface area contributed by atoms with Gasteiger partial charge in [-0.1, -0.05) is 19.7 Å². The minimum atomic E-state index is -0.602. The summed E-state index contributed by atoms with van der Waals surface area (Å²) < 4.78 is 13.3. The molecule has 0 unspecified atom stereocenters. The third kappa shape index (κ3) is 2.06. The van der Waals surface area contributed by atoms with Gasteiger partial charge in [-0.25, -0.2) is 0 Å². The van der Waals surface area contributed by atoms with E-state index in [1.807, 2.05) is 6.92 Å². The smallest absolute Gasteiger partial charge is 0.0813 e. The van der Waals surface area contributed by atoms with Crippen LogP contribution in [0.25, 0.3) is 0 Å². The van der Waals surface area contributed by atoms with E-state index in [4.69, 9.17) is 2.67 Å². The first-order valence-corrected chi connectivity index (χ1v) is 1.62. The Morgan fingerprint density at radius 1 is 2.25 bits per heavy atom. The number of hydrogen-bond donors (Lipinski definition) is 0. The Morgan fingerprint density at radius 2 is 3.00 bits per heavy atom. The van der Waals surface area contributed by atoms with Crippen molar-refractivity contribution in [1.82, 2.24) is 0 Å². The first-order chi connectivity index (χ1) is 2.77. The fourth-order valence-electron chi connectivity index (χ4n) is 0. The van der Waals surface area contributed by atoms with E-state index in [9.17, 15) is 0 Å². The second kappa shape index (κ2) is 3.06. The van der Waals surface area contributed by atoms with Crippen molar-refractivity contribution in [2.75, 3.05) is 0 Å². The minimum absolute atomic E-state index is 0.602. The van der Waals surface area contributed by atoms with E-state index >= 15 is 0 Å². The van der Waals surface area contributed by atoms with Gasteiger partial charge >= 0.3 is 0 Å². The lowest BCUT2D eigenvalue weighted by Crippen LogP contribution is -1.55. The first kappa shape index (κ1) is 1.49. The zero-order chi connectivity index (χ0) is 4.99. The molecule has 0 atom stereocenters. The van der Waals surface area contributed by atoms with Crippen LogP contribution in [0.5, 0.6) is 0 Å². The van der Waals surface area contributed by atoms with Crippen molar-refractivity contribution in [2.45, 2.75) is 19.7 Å². The highest BCUT2D eigenvalue weighted by molar-refractivity contribution is 6.08. The highest BCUT2D eigenvalue weighted by Gasteiger charge is 1.57. The molecule has 0 aliphatic heterocycles. The molecule has 0 rings (SSSR count). The van der Waals surface area contributed by atoms with Crippen LogP contribution in [0.1, 0.15) is 13.3 Å². The Kier molecular flexibility index (Phi) is 1.14. The van der Waals surface area contributed by atoms with E-state index in [2.05, 4.69) is 0 Å². The summed E-state index contributed by atoms with van der Waals surface area (Å²) in [6, 6.07) is 0. The molecule has 0 amide bonds. The van der Waals surface area contributed by atoms with Crippen LogP contribution in [0.4, 0.5) is 0 Å². The summed E-state index contributed by atoms with van der Waals surface area (Å²) in [6.45, 7) is 1.98. The molecule has 0 heterocycles. The zero-order valence-electron chi connectivity index (χ0n) is 4.99. The van der Waals surface area contributed by atoms with Crippen LogP contribution >= 0.6 is 0 Å². The third-order valence-corrected chi connectivity index (χ3v) is 0.289. The molecule has 0 saturated heterocycles. The molecule has 0 aliphatic rings. The summed E-state index contributed by atoms with van der Waals surface area (Å²) >= 11 is 0. The Morgan fingerprint density at radius 3 is 3.00 bits per heavy atom. The average Bonchev–Trinajstić information content (AvgIpc) is 1.35. The van der Waals surface area contributed by atoms with Crippen molar-refractivity contribution in [3.05, 3.63) is 0 Å². The fourth-order valence-corrected chi connectivity index (χ4v) is 0. The lowest BCUT2D eigenvalue weighted by Gasteiger charge is -1.67. The van der Waals surface area contributed by atoms with E-state index in [0.29, 0.717) is 6.32 Å². The van der Waals surface area contributed by atoms with Gasteiger partial charge in [-0.2, -0.15) is 0 Å². The van der Waals surface area contributed by atoms with E-state index in [0.717, 1.165) is 6.42 Å². The minimum Gasteiger partial charge on any atom is -0.0813 e. The second-order valence-corrected chi connectivity index (χ2v) is 0.789. The molecule has 0 N–H and O–H groups in total. The predicted molar refractivity (Wildman–Crippen MR) is 23.6 cm³/mol. The number of hydrogen-bond acceptors (Lipinski definition) is 0. The van der Waals surface area contributed by atoms with Crippen molar-refractivity contribution < 1.29 is 0 Å². The van der Waals surface area contributed by atoms with Gasteiger partial charge in [-0.15, -0.1) is 0 Å². The molecule has 0 nitrogen and oxygen atoms in total. The van der Waals surface area contributed by atoms with Gasteiger partial charge in [0, 0.05) is 0 Å². The average molecular weight is 57.9 g/mol. The van der Waals surface area contributed by atoms with Crippen molar-refractivity contribution in [3.8, 4) is 0 Å². The van der Waals surface area contributed by atoms with Crippen LogP contribution in [-0.2, 0) is 0 Å². The van der Waals surface area contributed by atoms with Gasteiger partial charge < -0.3 is 0 Å². The summed E-state index contributed by atoms with van der Waals surface area (Å²) in [7, 11) is -0.602. The summed E-state index contributed by atoms with van der Waals surface area (Å²) in [6.07, 6.45) is 1.66. The molecule has 0 aliphatic carbocycles. The van der Waals surface area contributed by atoms with Crippen molar-refractivity contribution in [1.29, 1.82) is 2.67 Å². The lowest BCUT2D eigenvalue weighted by atomic mass is 10.0. The van der Waals surface area contributed by atoms with Crippen LogP contribution in [0.2, 0.25) is 6.32 Å². The Labute approximate surface area is 31.3 Å². The molecule has 4 heavy (non-hydrogen) atoms. The van der Waals surface area contributed by atoms with Gasteiger partial charge in [0.2, 0.25) is 0 Å². The maximum atomic E-state index is 6.64. The molecule has 1 heteroatoms. The third-order valence-electron chi connectivity index (χ3n) is 0.289. The monoisotopic (exact) mass is 58.1 g/mol. The van der Waals surface area contributed by atoms with E-state index < -0.39 is 7.77 Å². The maximum Gasteiger partial charge on any atom is 0.101 e. The summed E-state index contributed by atoms with van der Waals surface area (Å²) in [4.78, 5) is 0. The topological polar surface area (TPSA) is 0 Å². The van der Waals surface area contributed by atoms with Crippen LogP contribution < -0.4 is 0 Å². The van der Waals surface area contributed by atoms with Gasteiger partial charge in [0.25, 0.3) is 0 Å². The Bertz CT molecular complexity index is 30.0. The highest BCUT2D eigenvalue weighted by Crippen LogP contribution is 1.73. The molecule has 0 bridgehead atoms. The molecule has 24 valence electrons. The summed E-state index contributed by atoms with van der Waals surface area (Å²) in [5.74, 6) is 0. The molecular weight excluding hydrogens is 46.8 g/mol. The van der Waals surface area contributed by atoms with Gasteiger partial charge in [-0.05, 0) is 2.67 Å². The van der Waals surface area contributed by atoms with Crippen LogP contribution in [0.15, 0.2) is 0 Å². The van der Waals surface area contributed by atoms with Crippen molar-refractivity contribution in [3.63, 3.8) is 0 Å². The largest absolute Gasteiger partial charge is 0.101 e. The van der Waals surface area contributed by atoms with Crippen molar-refractivity contribution in [2.24, 2.45) is 0 Å². The quantitative estimate of drug-likeness (QED) is 0.404. The molecule has 0 aromatic carbocycles. The molecule has 0 aromatic heterocycles. The molecule has 0 radical (unpaired) electrons. The lowest BCUT2D eigenvalue weighted by molar-refractivity contribution is 1.08. The highest BCUT2D eigenvalue weighted by atomic mass is 13.5. The summed E-state index contributed by atoms with van der Waals surface area (Å²) in [5.41, 5.74) is 0. The number of rotatable bonds is 2. The SMILES string of the molecule is [2H]B([2H])CCC. The summed E-state index contributed by atoms with van der Waals surface area (Å²) in [5, 5.41) is 0. The van der Waals surface area contributed by atoms with Crippen molar-refractivity contribution >= 4 is 7.77 Å². The van der Waals surface area contributed by atoms with Crippen LogP contribution in [-0.4, -0.2) is 10.4 Å². The van der Waals surface area contributed by atoms with Gasteiger partial charge in [0.15, 0.2) is 0 Å².